The van der Waals surface area contributed by atoms with Gasteiger partial charge in [0.05, 0.1) is 25.3 Å². The zero-order valence-corrected chi connectivity index (χ0v) is 26.3. The molecule has 9 nitrogen and oxygen atoms in total. The average molecular weight is 552 g/mol. The summed E-state index contributed by atoms with van der Waals surface area (Å²) in [6, 6.07) is -0.986. The summed E-state index contributed by atoms with van der Waals surface area (Å²) >= 11 is 0. The molecule has 4 atom stereocenters. The van der Waals surface area contributed by atoms with Gasteiger partial charge in [0, 0.05) is 33.2 Å². The first kappa shape index (κ1) is 33.5. The highest BCUT2D eigenvalue weighted by Crippen LogP contribution is 2.26. The molecule has 0 bridgehead atoms. The van der Waals surface area contributed by atoms with Crippen molar-refractivity contribution in [2.45, 2.75) is 104 Å². The molecule has 0 aromatic carbocycles. The van der Waals surface area contributed by atoms with Gasteiger partial charge in [0.25, 0.3) is 0 Å². The van der Waals surface area contributed by atoms with Crippen molar-refractivity contribution >= 4 is 17.7 Å². The summed E-state index contributed by atoms with van der Waals surface area (Å²) in [5.41, 5.74) is -0.427. The van der Waals surface area contributed by atoms with Crippen LogP contribution in [0.2, 0.25) is 0 Å². The Bertz CT molecular complexity index is 794. The Kier molecular flexibility index (Phi) is 13.2. The predicted octanol–water partition coefficient (Wildman–Crippen LogP) is 2.83. The Morgan fingerprint density at radius 2 is 1.54 bits per heavy atom. The molecular weight excluding hydrogens is 494 g/mol. The number of carbonyl (C=O) groups excluding carboxylic acids is 3. The summed E-state index contributed by atoms with van der Waals surface area (Å²) in [5.74, 6) is 0.272. The van der Waals surface area contributed by atoms with Crippen LogP contribution in [0.25, 0.3) is 0 Å². The van der Waals surface area contributed by atoms with Gasteiger partial charge in [0.2, 0.25) is 17.7 Å². The molecule has 1 unspecified atom stereocenters. The molecule has 39 heavy (non-hydrogen) atoms. The average Bonchev–Trinajstić information content (AvgIpc) is 3.78. The number of likely N-dealkylation sites (tertiary alicyclic amines) is 2. The number of ether oxygens (including phenoxy) is 1. The van der Waals surface area contributed by atoms with Gasteiger partial charge in [0.15, 0.2) is 0 Å². The number of epoxide rings is 1. The van der Waals surface area contributed by atoms with Gasteiger partial charge in [-0.2, -0.15) is 0 Å². The van der Waals surface area contributed by atoms with Crippen LogP contribution in [0.3, 0.4) is 0 Å². The van der Waals surface area contributed by atoms with Crippen molar-refractivity contribution in [1.29, 1.82) is 0 Å². The maximum absolute atomic E-state index is 14.0. The Hall–Kier alpha value is -1.71. The molecule has 3 heterocycles. The number of hydrogen-bond acceptors (Lipinski definition) is 6. The van der Waals surface area contributed by atoms with Crippen LogP contribution in [0.5, 0.6) is 0 Å². The van der Waals surface area contributed by atoms with E-state index in [0.717, 1.165) is 64.8 Å². The van der Waals surface area contributed by atoms with E-state index in [0.29, 0.717) is 13.1 Å². The minimum Gasteiger partial charge on any atom is -0.377 e. The van der Waals surface area contributed by atoms with Crippen LogP contribution in [0.15, 0.2) is 0 Å². The van der Waals surface area contributed by atoms with Gasteiger partial charge >= 0.3 is 0 Å². The molecule has 3 saturated heterocycles. The first-order chi connectivity index (χ1) is 18.3. The number of nitrogens with one attached hydrogen (secondary N) is 1. The van der Waals surface area contributed by atoms with Crippen molar-refractivity contribution in [2.75, 3.05) is 60.5 Å². The van der Waals surface area contributed by atoms with Crippen molar-refractivity contribution in [3.63, 3.8) is 0 Å². The van der Waals surface area contributed by atoms with E-state index in [2.05, 4.69) is 33.7 Å². The van der Waals surface area contributed by atoms with Crippen molar-refractivity contribution in [1.82, 2.24) is 24.9 Å². The molecule has 3 amide bonds. The van der Waals surface area contributed by atoms with Gasteiger partial charge in [-0.3, -0.25) is 24.2 Å². The summed E-state index contributed by atoms with van der Waals surface area (Å²) in [5, 5.41) is 3.14. The Labute approximate surface area is 237 Å². The Morgan fingerprint density at radius 3 is 2.03 bits per heavy atom. The topological polar surface area (TPSA) is 88.7 Å². The molecule has 0 aromatic heterocycles. The van der Waals surface area contributed by atoms with Crippen LogP contribution in [0.1, 0.15) is 80.1 Å². The number of piperidine rings is 2. The zero-order valence-electron chi connectivity index (χ0n) is 26.3. The lowest BCUT2D eigenvalue weighted by atomic mass is 9.84. The molecule has 3 aliphatic rings. The van der Waals surface area contributed by atoms with Gasteiger partial charge in [-0.1, -0.05) is 47.5 Å². The quantitative estimate of drug-likeness (QED) is 0.444. The molecular formula is C30H57N5O4. The van der Waals surface area contributed by atoms with E-state index in [1.165, 1.54) is 0 Å². The maximum Gasteiger partial charge on any atom is 0.245 e. The number of nitrogens with zero attached hydrogens (tertiary/aromatic N) is 4. The van der Waals surface area contributed by atoms with Crippen LogP contribution in [0, 0.1) is 11.3 Å². The van der Waals surface area contributed by atoms with Gasteiger partial charge in [-0.25, -0.2) is 0 Å². The normalized spacial score (nSPS) is 23.7. The molecule has 3 fully saturated rings. The van der Waals surface area contributed by atoms with Crippen LogP contribution < -0.4 is 5.32 Å². The first-order valence-electron chi connectivity index (χ1n) is 15.1. The van der Waals surface area contributed by atoms with E-state index in [1.54, 1.807) is 4.90 Å². The summed E-state index contributed by atoms with van der Waals surface area (Å²) in [6.45, 7) is 17.4. The Morgan fingerprint density at radius 1 is 0.974 bits per heavy atom. The number of carbonyl (C=O) groups is 3. The second kappa shape index (κ2) is 15.3. The van der Waals surface area contributed by atoms with E-state index >= 15 is 0 Å². The lowest BCUT2D eigenvalue weighted by molar-refractivity contribution is -0.143. The lowest BCUT2D eigenvalue weighted by Crippen LogP contribution is -2.61. The summed E-state index contributed by atoms with van der Waals surface area (Å²) < 4.78 is 4.50. The first-order valence-corrected chi connectivity index (χ1v) is 15.1. The molecule has 0 aromatic rings. The molecule has 0 saturated carbocycles. The molecule has 0 aliphatic carbocycles. The summed E-state index contributed by atoms with van der Waals surface area (Å²) in [7, 11) is 5.72. The summed E-state index contributed by atoms with van der Waals surface area (Å²) in [4.78, 5) is 48.3. The second-order valence-corrected chi connectivity index (χ2v) is 13.0. The van der Waals surface area contributed by atoms with Gasteiger partial charge in [-0.05, 0) is 64.1 Å². The predicted molar refractivity (Wildman–Crippen MR) is 156 cm³/mol. The van der Waals surface area contributed by atoms with Gasteiger partial charge in [0.1, 0.15) is 6.04 Å². The van der Waals surface area contributed by atoms with Gasteiger partial charge in [-0.15, -0.1) is 0 Å². The highest BCUT2D eigenvalue weighted by molar-refractivity contribution is 5.90. The van der Waals surface area contributed by atoms with E-state index < -0.39 is 11.5 Å². The van der Waals surface area contributed by atoms with Crippen LogP contribution in [0.4, 0.5) is 0 Å². The molecule has 0 radical (unpaired) electrons. The van der Waals surface area contributed by atoms with Crippen LogP contribution in [-0.2, 0) is 19.1 Å². The molecule has 1 N–H and O–H groups in total. The number of hydrogen-bond donors (Lipinski definition) is 1. The monoisotopic (exact) mass is 551 g/mol. The molecule has 3 rings (SSSR count). The van der Waals surface area contributed by atoms with Crippen LogP contribution in [-0.4, -0.2) is 122 Å². The third kappa shape index (κ3) is 10.0. The molecule has 226 valence electrons. The van der Waals surface area contributed by atoms with Crippen molar-refractivity contribution in [3.05, 3.63) is 0 Å². The minimum atomic E-state index is -0.614. The third-order valence-electron chi connectivity index (χ3n) is 8.46. The second-order valence-electron chi connectivity index (χ2n) is 13.0. The minimum absolute atomic E-state index is 0.0516. The number of amides is 3. The van der Waals surface area contributed by atoms with E-state index in [9.17, 15) is 14.4 Å². The standard InChI is InChI=1S/C28H53N5O3.C2H4O/c1-10-30(7)26(35)22-16-12-14-18-33(22)19-23(20(2)3)32(9)27(36)24(28(4,5)6)29-25(34)21-15-11-13-17-31(21)8;1-2-3-1/h20-24H,10-19H2,1-9H3,(H,29,34);1-2H2/t21-,22+,23-,24?;/m1./s1. The number of likely N-dealkylation sites (N-methyl/N-ethyl adjacent to an activating group) is 3. The zero-order chi connectivity index (χ0) is 29.3. The highest BCUT2D eigenvalue weighted by atomic mass is 16.6. The van der Waals surface area contributed by atoms with Crippen molar-refractivity contribution in [2.24, 2.45) is 11.3 Å². The third-order valence-corrected chi connectivity index (χ3v) is 8.46. The van der Waals surface area contributed by atoms with Crippen molar-refractivity contribution < 1.29 is 19.1 Å². The highest BCUT2D eigenvalue weighted by Gasteiger charge is 2.40. The molecule has 3 aliphatic heterocycles. The van der Waals surface area contributed by atoms with Crippen molar-refractivity contribution in [3.8, 4) is 0 Å². The largest absolute Gasteiger partial charge is 0.377 e. The SMILES string of the molecule is C1CO1.CCN(C)C(=O)[C@@H]1CCCCN1C[C@H](C(C)C)N(C)C(=O)C(NC(=O)[C@H]1CCCCN1C)C(C)(C)C. The maximum atomic E-state index is 14.0. The molecule has 9 heteroatoms. The molecule has 0 spiro atoms. The van der Waals surface area contributed by atoms with E-state index in [1.807, 2.05) is 53.7 Å². The Balaban J connectivity index is 0.00000166. The van der Waals surface area contributed by atoms with E-state index in [-0.39, 0.29) is 41.8 Å². The fraction of sp³-hybridized carbons (Fsp3) is 0.900. The lowest BCUT2D eigenvalue weighted by Gasteiger charge is -2.43. The van der Waals surface area contributed by atoms with Crippen LogP contribution >= 0.6 is 0 Å². The van der Waals surface area contributed by atoms with Gasteiger partial charge < -0.3 is 19.9 Å². The number of rotatable bonds is 9. The van der Waals surface area contributed by atoms with E-state index in [4.69, 9.17) is 0 Å². The fourth-order valence-electron chi connectivity index (χ4n) is 5.58. The smallest absolute Gasteiger partial charge is 0.245 e. The fourth-order valence-corrected chi connectivity index (χ4v) is 5.58. The summed E-state index contributed by atoms with van der Waals surface area (Å²) in [6.07, 6.45) is 5.95.